The van der Waals surface area contributed by atoms with E-state index in [0.29, 0.717) is 18.4 Å². The molecule has 0 amide bonds. The Balaban J connectivity index is 2.21. The Morgan fingerprint density at radius 1 is 1.38 bits per heavy atom. The zero-order valence-electron chi connectivity index (χ0n) is 13.9. The van der Waals surface area contributed by atoms with Gasteiger partial charge in [-0.05, 0) is 50.0 Å². The minimum absolute atomic E-state index is 0.00501. The molecule has 1 aliphatic rings. The highest BCUT2D eigenvalue weighted by Crippen LogP contribution is 2.35. The van der Waals surface area contributed by atoms with Crippen molar-refractivity contribution >= 4 is 23.5 Å². The molecule has 0 bridgehead atoms. The zero-order valence-corrected chi connectivity index (χ0v) is 14.7. The number of rotatable bonds is 6. The molecule has 6 nitrogen and oxygen atoms in total. The maximum Gasteiger partial charge on any atom is 0.248 e. The van der Waals surface area contributed by atoms with Crippen LogP contribution in [0.3, 0.4) is 0 Å². The van der Waals surface area contributed by atoms with Crippen LogP contribution in [0.5, 0.6) is 0 Å². The number of hydrazone groups is 1. The highest BCUT2D eigenvalue weighted by Gasteiger charge is 2.35. The van der Waals surface area contributed by atoms with Gasteiger partial charge in [0.25, 0.3) is 0 Å². The van der Waals surface area contributed by atoms with Gasteiger partial charge in [0, 0.05) is 42.1 Å². The number of nitrogens with zero attached hydrogens (tertiary/aromatic N) is 2. The van der Waals surface area contributed by atoms with Gasteiger partial charge in [0.15, 0.2) is 5.84 Å². The highest BCUT2D eigenvalue weighted by atomic mass is 32.2. The van der Waals surface area contributed by atoms with Crippen LogP contribution in [-0.4, -0.2) is 37.0 Å². The normalized spacial score (nSPS) is 18.5. The first kappa shape index (κ1) is 18.8. The standard InChI is InChI=1S/C15H24F2N6S/c1-20-24-11-3-4-13(12(9-11)14(18)22-23(2)19)21-10-5-7-15(16,17)8-6-10/h3-4,9-10,20-21H,5-8,19H2,1-2H3,(H2,18,22). The van der Waals surface area contributed by atoms with E-state index in [4.69, 9.17) is 11.6 Å². The number of hydrogen-bond donors (Lipinski definition) is 4. The lowest BCUT2D eigenvalue weighted by molar-refractivity contribution is -0.0360. The summed E-state index contributed by atoms with van der Waals surface area (Å²) in [6.07, 6.45) is 0.659. The van der Waals surface area contributed by atoms with Crippen molar-refractivity contribution in [3.8, 4) is 0 Å². The number of nitrogens with two attached hydrogens (primary N) is 2. The Labute approximate surface area is 145 Å². The Kier molecular flexibility index (Phi) is 6.25. The van der Waals surface area contributed by atoms with Gasteiger partial charge in [-0.15, -0.1) is 5.10 Å². The molecule has 0 atom stereocenters. The van der Waals surface area contributed by atoms with E-state index in [-0.39, 0.29) is 24.7 Å². The summed E-state index contributed by atoms with van der Waals surface area (Å²) in [4.78, 5) is 0.964. The number of anilines is 1. The van der Waals surface area contributed by atoms with Crippen molar-refractivity contribution in [2.45, 2.75) is 42.5 Å². The molecule has 6 N–H and O–H groups in total. The van der Waals surface area contributed by atoms with Crippen LogP contribution in [0.2, 0.25) is 0 Å². The fraction of sp³-hybridized carbons (Fsp3) is 0.533. The van der Waals surface area contributed by atoms with Crippen LogP contribution < -0.4 is 21.6 Å². The molecule has 24 heavy (non-hydrogen) atoms. The molecule has 0 unspecified atom stereocenters. The number of hydrazine groups is 1. The minimum atomic E-state index is -2.54. The maximum atomic E-state index is 13.3. The second kappa shape index (κ2) is 8.00. The number of halogens is 2. The third-order valence-electron chi connectivity index (χ3n) is 3.83. The van der Waals surface area contributed by atoms with Crippen LogP contribution in [0, 0.1) is 0 Å². The van der Waals surface area contributed by atoms with Crippen molar-refractivity contribution in [1.29, 1.82) is 0 Å². The van der Waals surface area contributed by atoms with Crippen molar-refractivity contribution in [2.24, 2.45) is 16.7 Å². The molecule has 134 valence electrons. The number of nitrogens with one attached hydrogen (secondary N) is 2. The van der Waals surface area contributed by atoms with Crippen molar-refractivity contribution < 1.29 is 8.78 Å². The smallest absolute Gasteiger partial charge is 0.248 e. The largest absolute Gasteiger partial charge is 0.382 e. The van der Waals surface area contributed by atoms with Gasteiger partial charge in [-0.3, -0.25) is 4.72 Å². The molecular weight excluding hydrogens is 334 g/mol. The van der Waals surface area contributed by atoms with E-state index in [1.807, 2.05) is 25.2 Å². The third-order valence-corrected chi connectivity index (χ3v) is 4.52. The van der Waals surface area contributed by atoms with E-state index in [2.05, 4.69) is 15.1 Å². The predicted molar refractivity (Wildman–Crippen MR) is 94.9 cm³/mol. The van der Waals surface area contributed by atoms with Gasteiger partial charge in [-0.25, -0.2) is 19.7 Å². The summed E-state index contributed by atoms with van der Waals surface area (Å²) in [6.45, 7) is 0. The Bertz CT molecular complexity index is 583. The van der Waals surface area contributed by atoms with Crippen molar-refractivity contribution in [1.82, 2.24) is 9.84 Å². The molecule has 1 aromatic carbocycles. The van der Waals surface area contributed by atoms with Gasteiger partial charge >= 0.3 is 0 Å². The van der Waals surface area contributed by atoms with Gasteiger partial charge in [-0.2, -0.15) is 0 Å². The topological polar surface area (TPSA) is 91.7 Å². The fourth-order valence-corrected chi connectivity index (χ4v) is 3.22. The second-order valence-corrected chi connectivity index (χ2v) is 6.93. The Morgan fingerprint density at radius 3 is 2.62 bits per heavy atom. The maximum absolute atomic E-state index is 13.3. The molecular formula is C15H24F2N6S. The summed E-state index contributed by atoms with van der Waals surface area (Å²) >= 11 is 1.45. The average molecular weight is 358 g/mol. The molecule has 0 saturated heterocycles. The molecule has 1 aliphatic carbocycles. The van der Waals surface area contributed by atoms with Gasteiger partial charge in [0.2, 0.25) is 5.92 Å². The van der Waals surface area contributed by atoms with Gasteiger partial charge in [0.1, 0.15) is 0 Å². The van der Waals surface area contributed by atoms with E-state index in [9.17, 15) is 8.78 Å². The van der Waals surface area contributed by atoms with Gasteiger partial charge in [0.05, 0.1) is 0 Å². The predicted octanol–water partition coefficient (Wildman–Crippen LogP) is 2.33. The lowest BCUT2D eigenvalue weighted by Gasteiger charge is -2.30. The summed E-state index contributed by atoms with van der Waals surface area (Å²) < 4.78 is 29.6. The highest BCUT2D eigenvalue weighted by molar-refractivity contribution is 7.97. The van der Waals surface area contributed by atoms with E-state index in [1.54, 1.807) is 7.05 Å². The van der Waals surface area contributed by atoms with Gasteiger partial charge in [-0.1, -0.05) is 0 Å². The average Bonchev–Trinajstić information content (AvgIpc) is 2.50. The summed E-state index contributed by atoms with van der Waals surface area (Å²) in [6, 6.07) is 5.71. The molecule has 0 aromatic heterocycles. The SMILES string of the molecule is CNSc1ccc(NC2CCC(F)(F)CC2)c(/C(N)=N/N(C)N)c1. The van der Waals surface area contributed by atoms with Crippen LogP contribution in [0.1, 0.15) is 31.2 Å². The summed E-state index contributed by atoms with van der Waals surface area (Å²) in [7, 11) is 3.40. The number of hydrogen-bond acceptors (Lipinski definition) is 6. The lowest BCUT2D eigenvalue weighted by atomic mass is 9.92. The molecule has 1 saturated carbocycles. The van der Waals surface area contributed by atoms with Crippen LogP contribution in [0.15, 0.2) is 28.2 Å². The minimum Gasteiger partial charge on any atom is -0.382 e. The number of amidine groups is 1. The third kappa shape index (κ3) is 5.22. The Hall–Kier alpha value is -1.58. The summed E-state index contributed by atoms with van der Waals surface area (Å²) in [5, 5.41) is 8.51. The lowest BCUT2D eigenvalue weighted by Crippen LogP contribution is -2.33. The first-order valence-electron chi connectivity index (χ1n) is 7.75. The molecule has 9 heteroatoms. The molecule has 0 spiro atoms. The van der Waals surface area contributed by atoms with Crippen LogP contribution in [0.4, 0.5) is 14.5 Å². The summed E-state index contributed by atoms with van der Waals surface area (Å²) in [5.41, 5.74) is 7.52. The number of alkyl halides is 2. The molecule has 1 aromatic rings. The monoisotopic (exact) mass is 358 g/mol. The molecule has 0 heterocycles. The van der Waals surface area contributed by atoms with Crippen molar-refractivity contribution in [3.63, 3.8) is 0 Å². The summed E-state index contributed by atoms with van der Waals surface area (Å²) in [5.74, 6) is 3.26. The Morgan fingerprint density at radius 2 is 2.04 bits per heavy atom. The van der Waals surface area contributed by atoms with E-state index in [0.717, 1.165) is 15.7 Å². The quantitative estimate of drug-likeness (QED) is 0.205. The fourth-order valence-electron chi connectivity index (χ4n) is 2.67. The first-order valence-corrected chi connectivity index (χ1v) is 8.57. The molecule has 2 rings (SSSR count). The van der Waals surface area contributed by atoms with E-state index < -0.39 is 5.92 Å². The molecule has 0 radical (unpaired) electrons. The zero-order chi connectivity index (χ0) is 17.7. The van der Waals surface area contributed by atoms with Crippen LogP contribution in [0.25, 0.3) is 0 Å². The van der Waals surface area contributed by atoms with Crippen molar-refractivity contribution in [2.75, 3.05) is 19.4 Å². The first-order chi connectivity index (χ1) is 11.3. The molecule has 1 fully saturated rings. The second-order valence-electron chi connectivity index (χ2n) is 5.85. The van der Waals surface area contributed by atoms with E-state index >= 15 is 0 Å². The van der Waals surface area contributed by atoms with E-state index in [1.165, 1.54) is 11.9 Å². The molecule has 0 aliphatic heterocycles. The van der Waals surface area contributed by atoms with Crippen LogP contribution >= 0.6 is 11.9 Å². The number of benzene rings is 1. The van der Waals surface area contributed by atoms with Crippen LogP contribution in [-0.2, 0) is 0 Å². The van der Waals surface area contributed by atoms with Crippen molar-refractivity contribution in [3.05, 3.63) is 23.8 Å². The van der Waals surface area contributed by atoms with Gasteiger partial charge < -0.3 is 11.1 Å².